The Balaban J connectivity index is 1.95. The Morgan fingerprint density at radius 2 is 1.87 bits per heavy atom. The van der Waals surface area contributed by atoms with Crippen LogP contribution in [0.5, 0.6) is 0 Å². The van der Waals surface area contributed by atoms with Crippen LogP contribution in [0.3, 0.4) is 0 Å². The molecule has 162 valence electrons. The summed E-state index contributed by atoms with van der Waals surface area (Å²) in [7, 11) is -4.93. The van der Waals surface area contributed by atoms with E-state index in [1.165, 1.54) is 0 Å². The first kappa shape index (κ1) is 22.1. The molecule has 0 atom stereocenters. The molecule has 0 aromatic heterocycles. The zero-order chi connectivity index (χ0) is 21.9. The van der Waals surface area contributed by atoms with Crippen molar-refractivity contribution < 1.29 is 26.9 Å². The summed E-state index contributed by atoms with van der Waals surface area (Å²) in [5.41, 5.74) is 1.39. The molecule has 30 heavy (non-hydrogen) atoms. The van der Waals surface area contributed by atoms with Crippen molar-refractivity contribution >= 4 is 21.2 Å². The van der Waals surface area contributed by atoms with Crippen molar-refractivity contribution in [3.05, 3.63) is 63.7 Å². The number of nitrogens with zero attached hydrogens (tertiary/aromatic N) is 1. The SMILES string of the molecule is Cc1ccccc1C1(CNc2ccc(S(=O)(=O)C(F)F)cc2[N+](=O)[O-])CCOCC1. The van der Waals surface area contributed by atoms with E-state index < -0.39 is 31.1 Å². The van der Waals surface area contributed by atoms with Gasteiger partial charge in [0, 0.05) is 31.2 Å². The van der Waals surface area contributed by atoms with Gasteiger partial charge in [0.2, 0.25) is 9.84 Å². The monoisotopic (exact) mass is 440 g/mol. The van der Waals surface area contributed by atoms with Crippen molar-refractivity contribution in [1.29, 1.82) is 0 Å². The summed E-state index contributed by atoms with van der Waals surface area (Å²) < 4.78 is 54.5. The largest absolute Gasteiger partial charge is 0.381 e. The standard InChI is InChI=1S/C20H22F2N2O5S/c1-14-4-2-3-5-16(14)20(8-10-29-11-9-20)13-23-17-7-6-15(12-18(17)24(25)26)30(27,28)19(21)22/h2-7,12,19,23H,8-11,13H2,1H3. The van der Waals surface area contributed by atoms with Gasteiger partial charge < -0.3 is 10.1 Å². The maximum absolute atomic E-state index is 12.8. The third-order valence-electron chi connectivity index (χ3n) is 5.51. The first-order valence-electron chi connectivity index (χ1n) is 9.36. The summed E-state index contributed by atoms with van der Waals surface area (Å²) in [6.45, 7) is 3.44. The predicted octanol–water partition coefficient (Wildman–Crippen LogP) is 4.06. The zero-order valence-corrected chi connectivity index (χ0v) is 17.1. The number of sulfone groups is 1. The van der Waals surface area contributed by atoms with Gasteiger partial charge in [0.25, 0.3) is 5.69 Å². The third-order valence-corrected chi connectivity index (χ3v) is 6.89. The number of ether oxygens (including phenoxy) is 1. The molecule has 0 amide bonds. The lowest BCUT2D eigenvalue weighted by atomic mass is 9.72. The first-order valence-corrected chi connectivity index (χ1v) is 10.9. The van der Waals surface area contributed by atoms with Crippen LogP contribution < -0.4 is 5.32 Å². The fraction of sp³-hybridized carbons (Fsp3) is 0.400. The quantitative estimate of drug-likeness (QED) is 0.515. The van der Waals surface area contributed by atoms with E-state index in [1.807, 2.05) is 31.2 Å². The highest BCUT2D eigenvalue weighted by atomic mass is 32.2. The van der Waals surface area contributed by atoms with Gasteiger partial charge in [-0.15, -0.1) is 0 Å². The molecule has 2 aromatic rings. The van der Waals surface area contributed by atoms with E-state index in [9.17, 15) is 27.3 Å². The van der Waals surface area contributed by atoms with Crippen LogP contribution in [0.15, 0.2) is 47.4 Å². The second-order valence-corrected chi connectivity index (χ2v) is 9.22. The van der Waals surface area contributed by atoms with Gasteiger partial charge in [-0.3, -0.25) is 10.1 Å². The third kappa shape index (κ3) is 4.29. The molecule has 1 N–H and O–H groups in total. The summed E-state index contributed by atoms with van der Waals surface area (Å²) in [6.07, 6.45) is 1.41. The fourth-order valence-corrected chi connectivity index (χ4v) is 4.57. The molecule has 1 fully saturated rings. The predicted molar refractivity (Wildman–Crippen MR) is 108 cm³/mol. The van der Waals surface area contributed by atoms with Crippen molar-refractivity contribution in [3.8, 4) is 0 Å². The van der Waals surface area contributed by atoms with Crippen LogP contribution in [-0.2, 0) is 20.0 Å². The van der Waals surface area contributed by atoms with Crippen LogP contribution in [0.4, 0.5) is 20.2 Å². The zero-order valence-electron chi connectivity index (χ0n) is 16.3. The Kier molecular flexibility index (Phi) is 6.37. The second kappa shape index (κ2) is 8.65. The minimum Gasteiger partial charge on any atom is -0.381 e. The highest BCUT2D eigenvalue weighted by molar-refractivity contribution is 7.91. The van der Waals surface area contributed by atoms with Crippen LogP contribution in [0, 0.1) is 17.0 Å². The second-order valence-electron chi connectivity index (χ2n) is 7.30. The van der Waals surface area contributed by atoms with Crippen LogP contribution in [0.25, 0.3) is 0 Å². The number of alkyl halides is 2. The Morgan fingerprint density at radius 1 is 1.20 bits per heavy atom. The van der Waals surface area contributed by atoms with Gasteiger partial charge >= 0.3 is 5.76 Å². The summed E-state index contributed by atoms with van der Waals surface area (Å²) in [6, 6.07) is 10.7. The summed E-state index contributed by atoms with van der Waals surface area (Å²) >= 11 is 0. The molecule has 0 unspecified atom stereocenters. The van der Waals surface area contributed by atoms with Gasteiger partial charge in [0.05, 0.1) is 9.82 Å². The summed E-state index contributed by atoms with van der Waals surface area (Å²) in [5, 5.41) is 14.5. The number of nitro groups is 1. The fourth-order valence-electron chi connectivity index (χ4n) is 3.83. The van der Waals surface area contributed by atoms with E-state index in [-0.39, 0.29) is 11.1 Å². The molecule has 1 saturated heterocycles. The minimum atomic E-state index is -4.93. The van der Waals surface area contributed by atoms with Crippen molar-refractivity contribution in [3.63, 3.8) is 0 Å². The molecule has 0 saturated carbocycles. The lowest BCUT2D eigenvalue weighted by Gasteiger charge is -2.39. The van der Waals surface area contributed by atoms with Gasteiger partial charge in [0.1, 0.15) is 5.69 Å². The van der Waals surface area contributed by atoms with Crippen molar-refractivity contribution in [2.24, 2.45) is 0 Å². The van der Waals surface area contributed by atoms with E-state index in [4.69, 9.17) is 4.74 Å². The lowest BCUT2D eigenvalue weighted by molar-refractivity contribution is -0.384. The molecule has 10 heteroatoms. The first-order chi connectivity index (χ1) is 14.2. The van der Waals surface area contributed by atoms with E-state index in [0.717, 1.165) is 23.3 Å². The Bertz CT molecular complexity index is 1040. The number of hydrogen-bond acceptors (Lipinski definition) is 6. The lowest BCUT2D eigenvalue weighted by Crippen LogP contribution is -2.40. The van der Waals surface area contributed by atoms with Crippen molar-refractivity contribution in [2.75, 3.05) is 25.1 Å². The summed E-state index contributed by atoms with van der Waals surface area (Å²) in [5.74, 6) is -3.65. The molecule has 7 nitrogen and oxygen atoms in total. The maximum atomic E-state index is 12.8. The molecule has 0 bridgehead atoms. The molecule has 0 aliphatic carbocycles. The van der Waals surface area contributed by atoms with Gasteiger partial charge in [-0.05, 0) is 43.0 Å². The number of hydrogen-bond donors (Lipinski definition) is 1. The Hall–Kier alpha value is -2.59. The Labute approximate surface area is 173 Å². The molecule has 0 radical (unpaired) electrons. The van der Waals surface area contributed by atoms with E-state index in [2.05, 4.69) is 5.32 Å². The molecule has 0 spiro atoms. The van der Waals surface area contributed by atoms with Gasteiger partial charge in [0.15, 0.2) is 0 Å². The van der Waals surface area contributed by atoms with Crippen molar-refractivity contribution in [2.45, 2.75) is 35.8 Å². The number of halogens is 2. The maximum Gasteiger partial charge on any atom is 0.341 e. The average molecular weight is 440 g/mol. The number of anilines is 1. The van der Waals surface area contributed by atoms with Gasteiger partial charge in [-0.2, -0.15) is 8.78 Å². The van der Waals surface area contributed by atoms with Crippen LogP contribution in [-0.4, -0.2) is 38.9 Å². The average Bonchev–Trinajstić information content (AvgIpc) is 2.73. The molecule has 1 aliphatic heterocycles. The highest BCUT2D eigenvalue weighted by Crippen LogP contribution is 2.38. The molecule has 1 heterocycles. The normalized spacial score (nSPS) is 16.4. The van der Waals surface area contributed by atoms with E-state index in [0.29, 0.717) is 38.7 Å². The topological polar surface area (TPSA) is 98.5 Å². The number of nitro benzene ring substituents is 1. The highest BCUT2D eigenvalue weighted by Gasteiger charge is 2.36. The van der Waals surface area contributed by atoms with E-state index in [1.54, 1.807) is 0 Å². The minimum absolute atomic E-state index is 0.0765. The molecule has 2 aromatic carbocycles. The van der Waals surface area contributed by atoms with Crippen LogP contribution >= 0.6 is 0 Å². The molecule has 3 rings (SSSR count). The number of rotatable bonds is 7. The van der Waals surface area contributed by atoms with Gasteiger partial charge in [-0.25, -0.2) is 8.42 Å². The molecular formula is C20H22F2N2O5S. The van der Waals surface area contributed by atoms with Crippen LogP contribution in [0.2, 0.25) is 0 Å². The molecule has 1 aliphatic rings. The number of benzene rings is 2. The van der Waals surface area contributed by atoms with E-state index >= 15 is 0 Å². The van der Waals surface area contributed by atoms with Crippen LogP contribution in [0.1, 0.15) is 24.0 Å². The molecular weight excluding hydrogens is 418 g/mol. The number of nitrogens with one attached hydrogen (secondary N) is 1. The summed E-state index contributed by atoms with van der Waals surface area (Å²) in [4.78, 5) is 9.93. The number of aryl methyl sites for hydroxylation is 1. The van der Waals surface area contributed by atoms with Crippen molar-refractivity contribution in [1.82, 2.24) is 0 Å². The smallest absolute Gasteiger partial charge is 0.341 e. The van der Waals surface area contributed by atoms with Gasteiger partial charge in [-0.1, -0.05) is 24.3 Å². The Morgan fingerprint density at radius 3 is 2.47 bits per heavy atom.